The molecule has 0 saturated carbocycles. The summed E-state index contributed by atoms with van der Waals surface area (Å²) in [6, 6.07) is 7.24. The van der Waals surface area contributed by atoms with Crippen LogP contribution in [-0.2, 0) is 12.4 Å². The largest absolute Gasteiger partial charge is 0.423 e. The molecule has 2 aromatic carbocycles. The Bertz CT molecular complexity index is 762. The third-order valence-corrected chi connectivity index (χ3v) is 2.96. The van der Waals surface area contributed by atoms with E-state index < -0.39 is 34.1 Å². The first-order chi connectivity index (χ1) is 11.3. The van der Waals surface area contributed by atoms with Crippen molar-refractivity contribution in [3.8, 4) is 0 Å². The van der Waals surface area contributed by atoms with E-state index in [4.69, 9.17) is 17.3 Å². The predicted molar refractivity (Wildman–Crippen MR) is 79.0 cm³/mol. The number of benzene rings is 2. The summed E-state index contributed by atoms with van der Waals surface area (Å²) in [5.41, 5.74) is 1.74. The average Bonchev–Trinajstić information content (AvgIpc) is 2.46. The summed E-state index contributed by atoms with van der Waals surface area (Å²) in [5.74, 6) is 0. The van der Waals surface area contributed by atoms with Crippen LogP contribution in [0.1, 0.15) is 11.1 Å². The highest BCUT2D eigenvalue weighted by molar-refractivity contribution is 6.30. The maximum absolute atomic E-state index is 12.2. The van der Waals surface area contributed by atoms with E-state index in [-0.39, 0.29) is 10.7 Å². The summed E-state index contributed by atoms with van der Waals surface area (Å²) < 4.78 is 72.6. The fraction of sp³-hybridized carbons (Fsp3) is 0.143. The summed E-state index contributed by atoms with van der Waals surface area (Å²) in [5, 5.41) is 10.1. The molecular formula is C14H9ClF6N2O2. The molecular weight excluding hydrogens is 378 g/mol. The highest BCUT2D eigenvalue weighted by Gasteiger charge is 2.38. The second kappa shape index (κ2) is 7.60. The van der Waals surface area contributed by atoms with Crippen molar-refractivity contribution >= 4 is 23.0 Å². The number of hydrogen-bond acceptors (Lipinski definition) is 3. The van der Waals surface area contributed by atoms with E-state index in [1.165, 1.54) is 18.2 Å². The van der Waals surface area contributed by atoms with E-state index >= 15 is 0 Å². The van der Waals surface area contributed by atoms with E-state index in [9.17, 15) is 36.5 Å². The fourth-order valence-corrected chi connectivity index (χ4v) is 1.82. The van der Waals surface area contributed by atoms with Crippen LogP contribution in [0.25, 0.3) is 0 Å². The minimum absolute atomic E-state index is 0.192. The Labute approximate surface area is 142 Å². The monoisotopic (exact) mass is 386 g/mol. The zero-order chi connectivity index (χ0) is 19.4. The second-order valence-electron chi connectivity index (χ2n) is 4.50. The number of alkyl halides is 6. The van der Waals surface area contributed by atoms with Crippen molar-refractivity contribution in [3.05, 3.63) is 68.7 Å². The Hall–Kier alpha value is -2.49. The van der Waals surface area contributed by atoms with Crippen molar-refractivity contribution in [2.75, 3.05) is 5.73 Å². The Kier molecular flexibility index (Phi) is 6.25. The molecule has 2 aromatic rings. The number of nitro benzene ring substituents is 1. The molecule has 0 unspecified atom stereocenters. The van der Waals surface area contributed by atoms with Crippen LogP contribution < -0.4 is 5.73 Å². The lowest BCUT2D eigenvalue weighted by Crippen LogP contribution is -2.08. The van der Waals surface area contributed by atoms with E-state index in [1.807, 2.05) is 0 Å². The summed E-state index contributed by atoms with van der Waals surface area (Å²) >= 11 is 5.30. The van der Waals surface area contributed by atoms with Gasteiger partial charge in [-0.3, -0.25) is 10.1 Å². The Morgan fingerprint density at radius 3 is 1.84 bits per heavy atom. The van der Waals surface area contributed by atoms with Gasteiger partial charge in [0, 0.05) is 16.8 Å². The van der Waals surface area contributed by atoms with E-state index in [0.717, 1.165) is 18.2 Å². The predicted octanol–water partition coefficient (Wildman–Crippen LogP) is 5.55. The van der Waals surface area contributed by atoms with Crippen LogP contribution in [-0.4, -0.2) is 4.92 Å². The molecule has 2 N–H and O–H groups in total. The van der Waals surface area contributed by atoms with E-state index in [1.54, 1.807) is 0 Å². The minimum atomic E-state index is -4.77. The second-order valence-corrected chi connectivity index (χ2v) is 4.94. The molecule has 0 spiro atoms. The summed E-state index contributed by atoms with van der Waals surface area (Å²) in [7, 11) is 0. The Balaban J connectivity index is 0.000000257. The molecule has 0 aromatic heterocycles. The van der Waals surface area contributed by atoms with Crippen molar-refractivity contribution < 1.29 is 31.3 Å². The number of anilines is 1. The van der Waals surface area contributed by atoms with Crippen LogP contribution in [0.15, 0.2) is 42.5 Å². The zero-order valence-electron chi connectivity index (χ0n) is 12.0. The molecule has 2 rings (SSSR count). The number of nitro groups is 1. The Morgan fingerprint density at radius 1 is 0.920 bits per heavy atom. The molecule has 0 radical (unpaired) electrons. The van der Waals surface area contributed by atoms with Gasteiger partial charge in [-0.1, -0.05) is 23.7 Å². The van der Waals surface area contributed by atoms with Crippen LogP contribution in [0, 0.1) is 10.1 Å². The molecule has 0 fully saturated rings. The molecule has 0 aliphatic rings. The maximum atomic E-state index is 12.2. The molecule has 0 atom stereocenters. The SMILES string of the molecule is Nc1ccccc1C(F)(F)F.O=[N+]([O-])c1ccc(Cl)cc1C(F)(F)F. The number of halogens is 7. The highest BCUT2D eigenvalue weighted by atomic mass is 35.5. The Morgan fingerprint density at radius 2 is 1.44 bits per heavy atom. The summed E-state index contributed by atoms with van der Waals surface area (Å²) in [6.07, 6.45) is -9.11. The van der Waals surface area contributed by atoms with Gasteiger partial charge in [0.25, 0.3) is 5.69 Å². The fourth-order valence-electron chi connectivity index (χ4n) is 1.65. The third-order valence-electron chi connectivity index (χ3n) is 2.73. The number of rotatable bonds is 1. The summed E-state index contributed by atoms with van der Waals surface area (Å²) in [6.45, 7) is 0. The van der Waals surface area contributed by atoms with Gasteiger partial charge in [0.05, 0.1) is 10.5 Å². The van der Waals surface area contributed by atoms with Gasteiger partial charge in [0.15, 0.2) is 0 Å². The first-order valence-corrected chi connectivity index (χ1v) is 6.64. The van der Waals surface area contributed by atoms with Crippen molar-refractivity contribution in [2.45, 2.75) is 12.4 Å². The lowest BCUT2D eigenvalue weighted by atomic mass is 10.2. The topological polar surface area (TPSA) is 69.2 Å². The molecule has 4 nitrogen and oxygen atoms in total. The number of nitrogen functional groups attached to an aromatic ring is 1. The van der Waals surface area contributed by atoms with E-state index in [0.29, 0.717) is 6.07 Å². The molecule has 25 heavy (non-hydrogen) atoms. The normalized spacial score (nSPS) is 11.5. The van der Waals surface area contributed by atoms with Crippen LogP contribution in [0.3, 0.4) is 0 Å². The number of para-hydroxylation sites is 1. The van der Waals surface area contributed by atoms with Crippen LogP contribution in [0.5, 0.6) is 0 Å². The van der Waals surface area contributed by atoms with Crippen molar-refractivity contribution in [3.63, 3.8) is 0 Å². The molecule has 0 bridgehead atoms. The molecule has 0 amide bonds. The van der Waals surface area contributed by atoms with Gasteiger partial charge in [0.2, 0.25) is 0 Å². The van der Waals surface area contributed by atoms with Crippen molar-refractivity contribution in [2.24, 2.45) is 0 Å². The van der Waals surface area contributed by atoms with Gasteiger partial charge >= 0.3 is 12.4 Å². The van der Waals surface area contributed by atoms with Crippen LogP contribution >= 0.6 is 11.6 Å². The van der Waals surface area contributed by atoms with Crippen LogP contribution in [0.4, 0.5) is 37.7 Å². The zero-order valence-corrected chi connectivity index (χ0v) is 12.8. The van der Waals surface area contributed by atoms with Gasteiger partial charge in [-0.15, -0.1) is 0 Å². The number of hydrogen-bond donors (Lipinski definition) is 1. The van der Waals surface area contributed by atoms with Gasteiger partial charge < -0.3 is 5.73 Å². The molecule has 0 heterocycles. The van der Waals surface area contributed by atoms with Gasteiger partial charge in [-0.25, -0.2) is 0 Å². The van der Waals surface area contributed by atoms with Crippen molar-refractivity contribution in [1.29, 1.82) is 0 Å². The number of nitrogens with zero attached hydrogens (tertiary/aromatic N) is 1. The maximum Gasteiger partial charge on any atom is 0.423 e. The van der Waals surface area contributed by atoms with E-state index in [2.05, 4.69) is 0 Å². The minimum Gasteiger partial charge on any atom is -0.398 e. The van der Waals surface area contributed by atoms with Crippen molar-refractivity contribution in [1.82, 2.24) is 0 Å². The molecule has 11 heteroatoms. The molecule has 136 valence electrons. The lowest BCUT2D eigenvalue weighted by molar-refractivity contribution is -0.388. The first kappa shape index (κ1) is 20.6. The standard InChI is InChI=1S/C7H3ClF3NO2.C7H6F3N/c8-4-1-2-6(12(13)14)5(3-4)7(9,10)11;8-7(9,10)5-3-1-2-4-6(5)11/h1-3H;1-4H,11H2. The first-order valence-electron chi connectivity index (χ1n) is 6.27. The molecule has 0 aliphatic carbocycles. The van der Waals surface area contributed by atoms with Gasteiger partial charge in [-0.05, 0) is 24.3 Å². The average molecular weight is 387 g/mol. The quantitative estimate of drug-likeness (QED) is 0.302. The van der Waals surface area contributed by atoms with Gasteiger partial charge in [-0.2, -0.15) is 26.3 Å². The smallest absolute Gasteiger partial charge is 0.398 e. The van der Waals surface area contributed by atoms with Crippen LogP contribution in [0.2, 0.25) is 5.02 Å². The third kappa shape index (κ3) is 5.82. The number of nitrogens with two attached hydrogens (primary N) is 1. The molecule has 0 saturated heterocycles. The molecule has 0 aliphatic heterocycles. The van der Waals surface area contributed by atoms with Gasteiger partial charge in [0.1, 0.15) is 5.56 Å². The highest BCUT2D eigenvalue weighted by Crippen LogP contribution is 2.37. The summed E-state index contributed by atoms with van der Waals surface area (Å²) in [4.78, 5) is 9.14. The lowest BCUT2D eigenvalue weighted by Gasteiger charge is -2.07.